The molecule has 1 aromatic heterocycles. The largest absolute Gasteiger partial charge is 0.480 e. The number of benzene rings is 1. The summed E-state index contributed by atoms with van der Waals surface area (Å²) in [6.07, 6.45) is 2.09. The summed E-state index contributed by atoms with van der Waals surface area (Å²) in [7, 11) is 0. The van der Waals surface area contributed by atoms with Gasteiger partial charge in [-0.25, -0.2) is 4.79 Å². The molecule has 2 rings (SSSR count). The van der Waals surface area contributed by atoms with E-state index in [-0.39, 0.29) is 24.8 Å². The fourth-order valence-electron chi connectivity index (χ4n) is 2.66. The lowest BCUT2D eigenvalue weighted by molar-refractivity contribution is -0.142. The number of nitrogens with one attached hydrogen (secondary N) is 2. The van der Waals surface area contributed by atoms with E-state index in [0.717, 1.165) is 16.5 Å². The number of fused-ring (bicyclic) bond motifs is 1. The first kappa shape index (κ1) is 19.4. The van der Waals surface area contributed by atoms with Crippen molar-refractivity contribution in [2.75, 3.05) is 6.54 Å². The molecule has 1 aromatic carbocycles. The van der Waals surface area contributed by atoms with E-state index in [1.54, 1.807) is 6.20 Å². The number of hydrogen-bond donors (Lipinski definition) is 3. The van der Waals surface area contributed by atoms with Gasteiger partial charge in [0.2, 0.25) is 11.8 Å². The van der Waals surface area contributed by atoms with E-state index < -0.39 is 17.9 Å². The quantitative estimate of drug-likeness (QED) is 0.664. The Bertz CT molecular complexity index is 799. The van der Waals surface area contributed by atoms with E-state index in [9.17, 15) is 14.4 Å². The number of carboxylic acids is 1. The van der Waals surface area contributed by atoms with Crippen LogP contribution in [0.1, 0.15) is 25.8 Å². The van der Waals surface area contributed by atoms with Crippen molar-refractivity contribution in [3.05, 3.63) is 42.1 Å². The number of carbonyl (C=O) groups is 3. The molecule has 0 aliphatic carbocycles. The van der Waals surface area contributed by atoms with Crippen molar-refractivity contribution < 1.29 is 19.5 Å². The first-order valence-corrected chi connectivity index (χ1v) is 8.48. The molecule has 0 saturated heterocycles. The van der Waals surface area contributed by atoms with Gasteiger partial charge in [0.15, 0.2) is 0 Å². The summed E-state index contributed by atoms with van der Waals surface area (Å²) in [4.78, 5) is 39.5. The molecule has 7 heteroatoms. The van der Waals surface area contributed by atoms with Crippen LogP contribution in [0, 0.1) is 5.92 Å². The molecule has 0 unspecified atom stereocenters. The molecule has 2 amide bonds. The third kappa shape index (κ3) is 5.54. The minimum Gasteiger partial charge on any atom is -0.480 e. The highest BCUT2D eigenvalue weighted by molar-refractivity contribution is 5.90. The molecule has 0 bridgehead atoms. The number of hydrogen-bond acceptors (Lipinski definition) is 4. The van der Waals surface area contributed by atoms with Gasteiger partial charge in [-0.1, -0.05) is 38.1 Å². The highest BCUT2D eigenvalue weighted by atomic mass is 16.4. The molecule has 0 fully saturated rings. The van der Waals surface area contributed by atoms with Crippen molar-refractivity contribution in [1.29, 1.82) is 0 Å². The fourth-order valence-corrected chi connectivity index (χ4v) is 2.66. The third-order valence-corrected chi connectivity index (χ3v) is 3.85. The lowest BCUT2D eigenvalue weighted by Crippen LogP contribution is -2.46. The Morgan fingerprint density at radius 3 is 2.54 bits per heavy atom. The van der Waals surface area contributed by atoms with E-state index in [4.69, 9.17) is 5.11 Å². The number of nitrogens with zero attached hydrogens (tertiary/aromatic N) is 1. The van der Waals surface area contributed by atoms with Crippen LogP contribution in [0.2, 0.25) is 0 Å². The van der Waals surface area contributed by atoms with Crippen LogP contribution >= 0.6 is 0 Å². The second-order valence-electron chi connectivity index (χ2n) is 6.53. The highest BCUT2D eigenvalue weighted by Gasteiger charge is 2.21. The highest BCUT2D eigenvalue weighted by Crippen LogP contribution is 2.16. The fraction of sp³-hybridized carbons (Fsp3) is 0.368. The van der Waals surface area contributed by atoms with Crippen molar-refractivity contribution in [3.8, 4) is 0 Å². The minimum atomic E-state index is -1.08. The number of rotatable bonds is 8. The number of aromatic nitrogens is 1. The normalized spacial score (nSPS) is 12.0. The standard InChI is InChI=1S/C19H23N3O4/c1-12(2)9-15(19(25)26)22-17(24)11-21-16(23)10-14-6-3-5-13-7-4-8-20-18(13)14/h3-8,12,15H,9-11H2,1-2H3,(H,21,23)(H,22,24)(H,25,26)/t15-/m0/s1. The number of pyridine rings is 1. The van der Waals surface area contributed by atoms with Crippen molar-refractivity contribution in [1.82, 2.24) is 15.6 Å². The van der Waals surface area contributed by atoms with Gasteiger partial charge in [0.05, 0.1) is 18.5 Å². The number of carbonyl (C=O) groups excluding carboxylic acids is 2. The molecular weight excluding hydrogens is 334 g/mol. The molecule has 0 radical (unpaired) electrons. The maximum Gasteiger partial charge on any atom is 0.326 e. The predicted octanol–water partition coefficient (Wildman–Crippen LogP) is 1.51. The average molecular weight is 357 g/mol. The molecule has 1 atom stereocenters. The third-order valence-electron chi connectivity index (χ3n) is 3.85. The van der Waals surface area contributed by atoms with E-state index in [0.29, 0.717) is 6.42 Å². The van der Waals surface area contributed by atoms with Crippen LogP contribution in [0.3, 0.4) is 0 Å². The lowest BCUT2D eigenvalue weighted by atomic mass is 10.0. The van der Waals surface area contributed by atoms with Crippen molar-refractivity contribution in [2.24, 2.45) is 5.92 Å². The van der Waals surface area contributed by atoms with Crippen molar-refractivity contribution >= 4 is 28.7 Å². The Morgan fingerprint density at radius 1 is 1.12 bits per heavy atom. The first-order valence-electron chi connectivity index (χ1n) is 8.48. The van der Waals surface area contributed by atoms with Gasteiger partial charge in [-0.2, -0.15) is 0 Å². The van der Waals surface area contributed by atoms with Crippen LogP contribution in [0.25, 0.3) is 10.9 Å². The molecule has 138 valence electrons. The Morgan fingerprint density at radius 2 is 1.85 bits per heavy atom. The summed E-state index contributed by atoms with van der Waals surface area (Å²) >= 11 is 0. The second kappa shape index (κ2) is 8.94. The summed E-state index contributed by atoms with van der Waals surface area (Å²) < 4.78 is 0. The Labute approximate surface area is 151 Å². The van der Waals surface area contributed by atoms with Gasteiger partial charge in [-0.3, -0.25) is 14.6 Å². The van der Waals surface area contributed by atoms with Crippen LogP contribution in [-0.2, 0) is 20.8 Å². The van der Waals surface area contributed by atoms with Gasteiger partial charge in [0, 0.05) is 11.6 Å². The Hall–Kier alpha value is -2.96. The maximum absolute atomic E-state index is 12.1. The molecule has 1 heterocycles. The van der Waals surface area contributed by atoms with Gasteiger partial charge >= 0.3 is 5.97 Å². The molecule has 3 N–H and O–H groups in total. The van der Waals surface area contributed by atoms with Crippen LogP contribution < -0.4 is 10.6 Å². The van der Waals surface area contributed by atoms with Crippen LogP contribution in [0.15, 0.2) is 36.5 Å². The summed E-state index contributed by atoms with van der Waals surface area (Å²) in [5, 5.41) is 15.0. The topological polar surface area (TPSA) is 108 Å². The SMILES string of the molecule is CC(C)C[C@H](NC(=O)CNC(=O)Cc1cccc2cccnc12)C(=O)O. The van der Waals surface area contributed by atoms with E-state index in [1.807, 2.05) is 44.2 Å². The van der Waals surface area contributed by atoms with Crippen molar-refractivity contribution in [3.63, 3.8) is 0 Å². The summed E-state index contributed by atoms with van der Waals surface area (Å²) in [6.45, 7) is 3.49. The average Bonchev–Trinajstić information content (AvgIpc) is 2.59. The number of aliphatic carboxylic acids is 1. The summed E-state index contributed by atoms with van der Waals surface area (Å²) in [5.74, 6) is -1.80. The zero-order chi connectivity index (χ0) is 19.1. The number of carboxylic acid groups (broad SMARTS) is 1. The Balaban J connectivity index is 1.89. The zero-order valence-electron chi connectivity index (χ0n) is 14.9. The lowest BCUT2D eigenvalue weighted by Gasteiger charge is -2.16. The Kier molecular flexibility index (Phi) is 6.66. The summed E-state index contributed by atoms with van der Waals surface area (Å²) in [5.41, 5.74) is 1.52. The van der Waals surface area contributed by atoms with Crippen LogP contribution in [0.4, 0.5) is 0 Å². The van der Waals surface area contributed by atoms with Gasteiger partial charge < -0.3 is 15.7 Å². The zero-order valence-corrected chi connectivity index (χ0v) is 14.9. The number of para-hydroxylation sites is 1. The second-order valence-corrected chi connectivity index (χ2v) is 6.53. The van der Waals surface area contributed by atoms with Crippen molar-refractivity contribution in [2.45, 2.75) is 32.7 Å². The molecule has 0 saturated carbocycles. The maximum atomic E-state index is 12.1. The van der Waals surface area contributed by atoms with Crippen LogP contribution in [0.5, 0.6) is 0 Å². The van der Waals surface area contributed by atoms with E-state index in [1.165, 1.54) is 0 Å². The number of amides is 2. The molecular formula is C19H23N3O4. The molecule has 0 aliphatic rings. The van der Waals surface area contributed by atoms with E-state index in [2.05, 4.69) is 15.6 Å². The molecule has 2 aromatic rings. The van der Waals surface area contributed by atoms with Gasteiger partial charge in [-0.05, 0) is 24.0 Å². The van der Waals surface area contributed by atoms with Gasteiger partial charge in [0.1, 0.15) is 6.04 Å². The summed E-state index contributed by atoms with van der Waals surface area (Å²) in [6, 6.07) is 8.37. The smallest absolute Gasteiger partial charge is 0.326 e. The first-order chi connectivity index (χ1) is 12.4. The monoisotopic (exact) mass is 357 g/mol. The predicted molar refractivity (Wildman–Crippen MR) is 97.5 cm³/mol. The molecule has 7 nitrogen and oxygen atoms in total. The van der Waals surface area contributed by atoms with E-state index >= 15 is 0 Å². The van der Waals surface area contributed by atoms with Gasteiger partial charge in [-0.15, -0.1) is 0 Å². The minimum absolute atomic E-state index is 0.0932. The van der Waals surface area contributed by atoms with Gasteiger partial charge in [0.25, 0.3) is 0 Å². The molecule has 0 spiro atoms. The molecule has 26 heavy (non-hydrogen) atoms. The van der Waals surface area contributed by atoms with Crippen LogP contribution in [-0.4, -0.2) is 40.5 Å². The molecule has 0 aliphatic heterocycles.